The van der Waals surface area contributed by atoms with Gasteiger partial charge in [-0.1, -0.05) is 29.8 Å². The fourth-order valence-corrected chi connectivity index (χ4v) is 3.51. The Labute approximate surface area is 153 Å². The van der Waals surface area contributed by atoms with Gasteiger partial charge in [0, 0.05) is 36.5 Å². The predicted molar refractivity (Wildman–Crippen MR) is 104 cm³/mol. The van der Waals surface area contributed by atoms with E-state index in [0.29, 0.717) is 0 Å². The molecule has 0 saturated carbocycles. The number of benzene rings is 1. The normalized spacial score (nSPS) is 11.6. The van der Waals surface area contributed by atoms with Crippen LogP contribution in [0.3, 0.4) is 0 Å². The van der Waals surface area contributed by atoms with Crippen LogP contribution in [0.25, 0.3) is 0 Å². The van der Waals surface area contributed by atoms with Crippen LogP contribution in [0.4, 0.5) is 0 Å². The van der Waals surface area contributed by atoms with Crippen molar-refractivity contribution in [2.24, 2.45) is 4.99 Å². The fraction of sp³-hybridized carbons (Fsp3) is 0.444. The van der Waals surface area contributed by atoms with Gasteiger partial charge in [-0.15, -0.1) is 11.3 Å². The number of aromatic nitrogens is 1. The van der Waals surface area contributed by atoms with Crippen molar-refractivity contribution in [2.75, 3.05) is 20.1 Å². The molecule has 2 rings (SSSR count). The zero-order chi connectivity index (χ0) is 17.4. The lowest BCUT2D eigenvalue weighted by molar-refractivity contribution is 0.738. The summed E-state index contributed by atoms with van der Waals surface area (Å²) in [6.07, 6.45) is 2.89. The molecular weight excluding hydrogens is 340 g/mol. The lowest BCUT2D eigenvalue weighted by Gasteiger charge is -2.11. The quantitative estimate of drug-likeness (QED) is 0.447. The molecule has 0 radical (unpaired) electrons. The van der Waals surface area contributed by atoms with E-state index in [-0.39, 0.29) is 0 Å². The minimum Gasteiger partial charge on any atom is -0.356 e. The highest BCUT2D eigenvalue weighted by atomic mass is 35.5. The second kappa shape index (κ2) is 9.64. The molecule has 2 N–H and O–H groups in total. The maximum Gasteiger partial charge on any atom is 0.190 e. The van der Waals surface area contributed by atoms with Crippen LogP contribution in [0.1, 0.15) is 27.6 Å². The van der Waals surface area contributed by atoms with Crippen LogP contribution in [0.2, 0.25) is 5.02 Å². The zero-order valence-corrected chi connectivity index (χ0v) is 16.1. The summed E-state index contributed by atoms with van der Waals surface area (Å²) >= 11 is 7.94. The smallest absolute Gasteiger partial charge is 0.190 e. The minimum atomic E-state index is 0.830. The van der Waals surface area contributed by atoms with Crippen LogP contribution in [-0.2, 0) is 12.8 Å². The number of guanidine groups is 1. The van der Waals surface area contributed by atoms with Gasteiger partial charge in [0.05, 0.1) is 10.7 Å². The van der Waals surface area contributed by atoms with Gasteiger partial charge in [0.25, 0.3) is 0 Å². The molecule has 0 atom stereocenters. The summed E-state index contributed by atoms with van der Waals surface area (Å²) in [5, 5.41) is 8.69. The molecule has 6 heteroatoms. The number of halogens is 1. The topological polar surface area (TPSA) is 49.3 Å². The van der Waals surface area contributed by atoms with E-state index in [4.69, 9.17) is 11.6 Å². The molecule has 0 fully saturated rings. The first-order valence-corrected chi connectivity index (χ1v) is 9.40. The van der Waals surface area contributed by atoms with E-state index in [1.807, 2.05) is 18.2 Å². The summed E-state index contributed by atoms with van der Waals surface area (Å²) in [7, 11) is 1.79. The molecule has 4 nitrogen and oxygen atoms in total. The third-order valence-corrected chi connectivity index (χ3v) is 5.30. The number of thiazole rings is 1. The van der Waals surface area contributed by atoms with E-state index in [9.17, 15) is 0 Å². The number of nitrogens with zero attached hydrogens (tertiary/aromatic N) is 2. The summed E-state index contributed by atoms with van der Waals surface area (Å²) in [6.45, 7) is 5.86. The standard InChI is InChI=1S/C18H25ClN4S/c1-13-14(2)24-17(23-13)10-12-22-18(20-3)21-11-6-8-15-7-4-5-9-16(15)19/h4-5,7,9H,6,8,10-12H2,1-3H3,(H2,20,21,22). The van der Waals surface area contributed by atoms with Crippen molar-refractivity contribution >= 4 is 28.9 Å². The van der Waals surface area contributed by atoms with Crippen molar-refractivity contribution in [3.63, 3.8) is 0 Å². The van der Waals surface area contributed by atoms with Gasteiger partial charge in [-0.05, 0) is 38.3 Å². The lowest BCUT2D eigenvalue weighted by Crippen LogP contribution is -2.38. The van der Waals surface area contributed by atoms with Crippen molar-refractivity contribution in [3.8, 4) is 0 Å². The lowest BCUT2D eigenvalue weighted by atomic mass is 10.1. The van der Waals surface area contributed by atoms with Gasteiger partial charge in [0.15, 0.2) is 5.96 Å². The van der Waals surface area contributed by atoms with Crippen molar-refractivity contribution in [1.82, 2.24) is 15.6 Å². The molecule has 0 saturated heterocycles. The zero-order valence-electron chi connectivity index (χ0n) is 14.5. The van der Waals surface area contributed by atoms with Gasteiger partial charge in [-0.25, -0.2) is 4.98 Å². The van der Waals surface area contributed by atoms with Crippen molar-refractivity contribution < 1.29 is 0 Å². The Morgan fingerprint density at radius 3 is 2.58 bits per heavy atom. The maximum atomic E-state index is 6.17. The summed E-state index contributed by atoms with van der Waals surface area (Å²) in [5.74, 6) is 0.833. The van der Waals surface area contributed by atoms with Crippen LogP contribution in [0.5, 0.6) is 0 Å². The van der Waals surface area contributed by atoms with E-state index in [1.165, 1.54) is 15.4 Å². The Balaban J connectivity index is 1.66. The summed E-state index contributed by atoms with van der Waals surface area (Å²) in [5.41, 5.74) is 2.33. The van der Waals surface area contributed by atoms with E-state index in [0.717, 1.165) is 49.0 Å². The van der Waals surface area contributed by atoms with Crippen LogP contribution in [0, 0.1) is 13.8 Å². The molecule has 24 heavy (non-hydrogen) atoms. The third kappa shape index (κ3) is 5.80. The first kappa shape index (κ1) is 18.7. The Morgan fingerprint density at radius 2 is 1.92 bits per heavy atom. The average Bonchev–Trinajstić information content (AvgIpc) is 2.89. The van der Waals surface area contributed by atoms with Gasteiger partial charge < -0.3 is 10.6 Å². The number of rotatable bonds is 7. The molecule has 1 heterocycles. The Morgan fingerprint density at radius 1 is 1.17 bits per heavy atom. The van der Waals surface area contributed by atoms with Crippen molar-refractivity contribution in [3.05, 3.63) is 50.4 Å². The van der Waals surface area contributed by atoms with E-state index >= 15 is 0 Å². The van der Waals surface area contributed by atoms with Gasteiger partial charge in [-0.3, -0.25) is 4.99 Å². The second-order valence-corrected chi connectivity index (χ2v) is 7.31. The molecule has 1 aromatic heterocycles. The van der Waals surface area contributed by atoms with E-state index in [1.54, 1.807) is 18.4 Å². The number of aryl methyl sites for hydroxylation is 3. The third-order valence-electron chi connectivity index (χ3n) is 3.80. The van der Waals surface area contributed by atoms with Crippen LogP contribution in [-0.4, -0.2) is 31.1 Å². The summed E-state index contributed by atoms with van der Waals surface area (Å²) in [6, 6.07) is 8.00. The second-order valence-electron chi connectivity index (χ2n) is 5.62. The number of hydrogen-bond donors (Lipinski definition) is 2. The molecule has 0 aliphatic heterocycles. The fourth-order valence-electron chi connectivity index (χ4n) is 2.34. The van der Waals surface area contributed by atoms with Gasteiger partial charge >= 0.3 is 0 Å². The Bertz CT molecular complexity index is 662. The SMILES string of the molecule is CN=C(NCCCc1ccccc1Cl)NCCc1nc(C)c(C)s1. The average molecular weight is 365 g/mol. The summed E-state index contributed by atoms with van der Waals surface area (Å²) < 4.78 is 0. The van der Waals surface area contributed by atoms with Crippen LogP contribution < -0.4 is 10.6 Å². The largest absolute Gasteiger partial charge is 0.356 e. The number of nitrogens with one attached hydrogen (secondary N) is 2. The molecule has 1 aromatic carbocycles. The Kier molecular flexibility index (Phi) is 7.53. The highest BCUT2D eigenvalue weighted by molar-refractivity contribution is 7.11. The van der Waals surface area contributed by atoms with Crippen molar-refractivity contribution in [1.29, 1.82) is 0 Å². The molecule has 2 aromatic rings. The summed E-state index contributed by atoms with van der Waals surface area (Å²) in [4.78, 5) is 10.1. The highest BCUT2D eigenvalue weighted by Gasteiger charge is 2.04. The molecule has 0 spiro atoms. The van der Waals surface area contributed by atoms with Crippen LogP contribution in [0.15, 0.2) is 29.3 Å². The number of aliphatic imine (C=N–C) groups is 1. The minimum absolute atomic E-state index is 0.830. The monoisotopic (exact) mass is 364 g/mol. The molecule has 0 amide bonds. The molecule has 0 aliphatic rings. The Hall–Kier alpha value is -1.59. The van der Waals surface area contributed by atoms with Gasteiger partial charge in [0.1, 0.15) is 0 Å². The van der Waals surface area contributed by atoms with E-state index in [2.05, 4.69) is 40.5 Å². The first-order chi connectivity index (χ1) is 11.6. The van der Waals surface area contributed by atoms with Gasteiger partial charge in [0.2, 0.25) is 0 Å². The number of hydrogen-bond acceptors (Lipinski definition) is 3. The molecular formula is C18H25ClN4S. The highest BCUT2D eigenvalue weighted by Crippen LogP contribution is 2.17. The first-order valence-electron chi connectivity index (χ1n) is 8.21. The van der Waals surface area contributed by atoms with Crippen molar-refractivity contribution in [2.45, 2.75) is 33.1 Å². The molecule has 0 unspecified atom stereocenters. The van der Waals surface area contributed by atoms with Gasteiger partial charge in [-0.2, -0.15) is 0 Å². The molecule has 0 aliphatic carbocycles. The maximum absolute atomic E-state index is 6.17. The van der Waals surface area contributed by atoms with Crippen LogP contribution >= 0.6 is 22.9 Å². The molecule has 130 valence electrons. The molecule has 0 bridgehead atoms. The van der Waals surface area contributed by atoms with E-state index < -0.39 is 0 Å². The predicted octanol–water partition coefficient (Wildman–Crippen LogP) is 3.75.